The lowest BCUT2D eigenvalue weighted by Crippen LogP contribution is -2.05. The van der Waals surface area contributed by atoms with Gasteiger partial charge in [0.15, 0.2) is 0 Å². The van der Waals surface area contributed by atoms with Gasteiger partial charge < -0.3 is 9.67 Å². The van der Waals surface area contributed by atoms with Crippen molar-refractivity contribution in [3.05, 3.63) is 65.5 Å². The van der Waals surface area contributed by atoms with Gasteiger partial charge in [-0.05, 0) is 30.4 Å². The topological polar surface area (TPSA) is 25.2 Å². The van der Waals surface area contributed by atoms with E-state index in [-0.39, 0.29) is 6.10 Å². The molecule has 3 rings (SSSR count). The van der Waals surface area contributed by atoms with E-state index >= 15 is 0 Å². The molecule has 2 heteroatoms. The molecular weight excluding hydrogens is 234 g/mol. The number of nitrogens with zero attached hydrogens (tertiary/aromatic N) is 1. The Labute approximate surface area is 114 Å². The summed E-state index contributed by atoms with van der Waals surface area (Å²) in [6, 6.07) is 10.3. The lowest BCUT2D eigenvalue weighted by molar-refractivity contribution is 0.157. The molecule has 0 saturated carbocycles. The van der Waals surface area contributed by atoms with Crippen molar-refractivity contribution in [3.63, 3.8) is 0 Å². The van der Waals surface area contributed by atoms with Gasteiger partial charge in [0.1, 0.15) is 0 Å². The molecule has 1 aliphatic rings. The third kappa shape index (κ3) is 2.79. The Morgan fingerprint density at radius 1 is 1.21 bits per heavy atom. The summed E-state index contributed by atoms with van der Waals surface area (Å²) in [7, 11) is 0. The number of aromatic nitrogens is 1. The summed E-state index contributed by atoms with van der Waals surface area (Å²) in [6.45, 7) is 0.856. The Bertz CT molecular complexity index is 568. The van der Waals surface area contributed by atoms with E-state index in [2.05, 4.69) is 41.2 Å². The van der Waals surface area contributed by atoms with Crippen LogP contribution in [-0.4, -0.2) is 9.67 Å². The van der Waals surface area contributed by atoms with Gasteiger partial charge in [0.25, 0.3) is 0 Å². The quantitative estimate of drug-likeness (QED) is 0.888. The summed E-state index contributed by atoms with van der Waals surface area (Å²) in [6.07, 6.45) is 11.4. The molecule has 1 atom stereocenters. The average Bonchev–Trinajstić information content (AvgIpc) is 2.84. The van der Waals surface area contributed by atoms with Crippen LogP contribution in [0.15, 0.2) is 48.8 Å². The second-order valence-corrected chi connectivity index (χ2v) is 5.16. The minimum Gasteiger partial charge on any atom is -0.388 e. The molecule has 98 valence electrons. The van der Waals surface area contributed by atoms with Crippen LogP contribution in [0.2, 0.25) is 0 Å². The molecule has 1 aromatic carbocycles. The molecule has 1 heterocycles. The van der Waals surface area contributed by atoms with Crippen molar-refractivity contribution >= 4 is 6.08 Å². The third-order valence-electron chi connectivity index (χ3n) is 3.71. The zero-order valence-corrected chi connectivity index (χ0v) is 11.0. The highest BCUT2D eigenvalue weighted by Gasteiger charge is 2.19. The largest absolute Gasteiger partial charge is 0.388 e. The highest BCUT2D eigenvalue weighted by molar-refractivity contribution is 5.48. The molecule has 0 spiro atoms. The molecule has 1 unspecified atom stereocenters. The van der Waals surface area contributed by atoms with Crippen molar-refractivity contribution < 1.29 is 5.11 Å². The van der Waals surface area contributed by atoms with Crippen LogP contribution in [-0.2, 0) is 13.0 Å². The Morgan fingerprint density at radius 2 is 2.05 bits per heavy atom. The molecule has 2 nitrogen and oxygen atoms in total. The first-order valence-electron chi connectivity index (χ1n) is 6.91. The number of aryl methyl sites for hydroxylation is 1. The maximum atomic E-state index is 9.95. The van der Waals surface area contributed by atoms with Crippen molar-refractivity contribution in [1.82, 2.24) is 4.57 Å². The number of allylic oxidation sites excluding steroid dienone is 1. The summed E-state index contributed by atoms with van der Waals surface area (Å²) in [4.78, 5) is 0. The summed E-state index contributed by atoms with van der Waals surface area (Å²) in [5.41, 5.74) is 3.66. The van der Waals surface area contributed by atoms with Crippen molar-refractivity contribution in [3.8, 4) is 0 Å². The highest BCUT2D eigenvalue weighted by atomic mass is 16.3. The SMILES string of the molecule is OC1CCCc2cn(C/C=C/c3ccccc3)cc21. The van der Waals surface area contributed by atoms with E-state index in [0.29, 0.717) is 0 Å². The number of aliphatic hydroxyl groups excluding tert-OH is 1. The van der Waals surface area contributed by atoms with Crippen LogP contribution in [0.5, 0.6) is 0 Å². The smallest absolute Gasteiger partial charge is 0.0807 e. The Hall–Kier alpha value is -1.80. The Kier molecular flexibility index (Phi) is 3.51. The molecule has 0 radical (unpaired) electrons. The van der Waals surface area contributed by atoms with Crippen LogP contribution in [0.3, 0.4) is 0 Å². The van der Waals surface area contributed by atoms with E-state index in [4.69, 9.17) is 0 Å². The van der Waals surface area contributed by atoms with Gasteiger partial charge in [-0.2, -0.15) is 0 Å². The van der Waals surface area contributed by atoms with Gasteiger partial charge in [0, 0.05) is 24.5 Å². The van der Waals surface area contributed by atoms with E-state index in [1.165, 1.54) is 11.1 Å². The number of aliphatic hydroxyl groups is 1. The van der Waals surface area contributed by atoms with Crippen LogP contribution >= 0.6 is 0 Å². The highest BCUT2D eigenvalue weighted by Crippen LogP contribution is 2.30. The van der Waals surface area contributed by atoms with Crippen LogP contribution in [0, 0.1) is 0 Å². The van der Waals surface area contributed by atoms with Gasteiger partial charge >= 0.3 is 0 Å². The molecule has 1 N–H and O–H groups in total. The number of benzene rings is 1. The molecule has 2 aromatic rings. The van der Waals surface area contributed by atoms with E-state index in [0.717, 1.165) is 31.4 Å². The number of fused-ring (bicyclic) bond motifs is 1. The van der Waals surface area contributed by atoms with Crippen molar-refractivity contribution in [2.24, 2.45) is 0 Å². The predicted molar refractivity (Wildman–Crippen MR) is 77.8 cm³/mol. The fourth-order valence-corrected chi connectivity index (χ4v) is 2.70. The molecule has 1 aromatic heterocycles. The van der Waals surface area contributed by atoms with Gasteiger partial charge in [-0.1, -0.05) is 42.5 Å². The van der Waals surface area contributed by atoms with Crippen molar-refractivity contribution in [2.75, 3.05) is 0 Å². The Morgan fingerprint density at radius 3 is 2.84 bits per heavy atom. The second kappa shape index (κ2) is 5.45. The monoisotopic (exact) mass is 253 g/mol. The summed E-state index contributed by atoms with van der Waals surface area (Å²) < 4.78 is 2.17. The minimum absolute atomic E-state index is 0.261. The fourth-order valence-electron chi connectivity index (χ4n) is 2.70. The molecule has 0 aliphatic heterocycles. The van der Waals surface area contributed by atoms with E-state index in [1.54, 1.807) is 0 Å². The number of rotatable bonds is 3. The van der Waals surface area contributed by atoms with Crippen LogP contribution in [0.4, 0.5) is 0 Å². The average molecular weight is 253 g/mol. The zero-order valence-electron chi connectivity index (χ0n) is 11.0. The van der Waals surface area contributed by atoms with Crippen molar-refractivity contribution in [2.45, 2.75) is 31.9 Å². The van der Waals surface area contributed by atoms with Gasteiger partial charge in [-0.3, -0.25) is 0 Å². The van der Waals surface area contributed by atoms with Gasteiger partial charge in [0.05, 0.1) is 6.10 Å². The third-order valence-corrected chi connectivity index (χ3v) is 3.71. The van der Waals surface area contributed by atoms with Gasteiger partial charge in [-0.25, -0.2) is 0 Å². The van der Waals surface area contributed by atoms with Crippen LogP contribution in [0.25, 0.3) is 6.08 Å². The number of hydrogen-bond acceptors (Lipinski definition) is 1. The summed E-state index contributed by atoms with van der Waals surface area (Å²) >= 11 is 0. The first-order chi connectivity index (χ1) is 9.33. The maximum Gasteiger partial charge on any atom is 0.0807 e. The first-order valence-corrected chi connectivity index (χ1v) is 6.91. The lowest BCUT2D eigenvalue weighted by Gasteiger charge is -2.16. The molecule has 0 bridgehead atoms. The minimum atomic E-state index is -0.261. The molecule has 0 saturated heterocycles. The summed E-state index contributed by atoms with van der Waals surface area (Å²) in [5.74, 6) is 0. The van der Waals surface area contributed by atoms with E-state index < -0.39 is 0 Å². The first kappa shape index (κ1) is 12.2. The molecule has 0 fully saturated rings. The second-order valence-electron chi connectivity index (χ2n) is 5.16. The number of hydrogen-bond donors (Lipinski definition) is 1. The maximum absolute atomic E-state index is 9.95. The van der Waals surface area contributed by atoms with E-state index in [9.17, 15) is 5.11 Å². The normalized spacial score (nSPS) is 18.7. The molecule has 19 heavy (non-hydrogen) atoms. The van der Waals surface area contributed by atoms with Gasteiger partial charge in [-0.15, -0.1) is 0 Å². The molecule has 1 aliphatic carbocycles. The zero-order chi connectivity index (χ0) is 13.1. The fraction of sp³-hybridized carbons (Fsp3) is 0.294. The molecular formula is C17H19NO. The molecule has 0 amide bonds. The van der Waals surface area contributed by atoms with E-state index in [1.807, 2.05) is 18.2 Å². The van der Waals surface area contributed by atoms with Gasteiger partial charge in [0.2, 0.25) is 0 Å². The van der Waals surface area contributed by atoms with Crippen molar-refractivity contribution in [1.29, 1.82) is 0 Å². The van der Waals surface area contributed by atoms with Crippen LogP contribution in [0.1, 0.15) is 35.6 Å². The Balaban J connectivity index is 1.69. The standard InChI is InChI=1S/C17H19NO/c19-17-10-4-9-15-12-18(13-16(15)17)11-5-8-14-6-2-1-3-7-14/h1-3,5-8,12-13,17,19H,4,9-11H2/b8-5+. The predicted octanol–water partition coefficient (Wildman–Crippen LogP) is 3.57. The van der Waals surface area contributed by atoms with Crippen LogP contribution < -0.4 is 0 Å². The lowest BCUT2D eigenvalue weighted by atomic mass is 9.93. The summed E-state index contributed by atoms with van der Waals surface area (Å²) in [5, 5.41) is 9.95.